The fourth-order valence-electron chi connectivity index (χ4n) is 2.11. The van der Waals surface area contributed by atoms with Gasteiger partial charge in [-0.3, -0.25) is 4.72 Å². The van der Waals surface area contributed by atoms with E-state index in [1.54, 1.807) is 6.07 Å². The maximum atomic E-state index is 12.2. The molecule has 0 amide bonds. The highest BCUT2D eigenvalue weighted by molar-refractivity contribution is 9.10. The monoisotopic (exact) mass is 352 g/mol. The molecule has 7 heteroatoms. The minimum Gasteiger partial charge on any atom is -0.280 e. The molecule has 1 aliphatic rings. The molecule has 1 aromatic rings. The number of rotatable bonds is 3. The van der Waals surface area contributed by atoms with Crippen LogP contribution >= 0.6 is 27.5 Å². The molecule has 1 heterocycles. The molecule has 4 nitrogen and oxygen atoms in total. The van der Waals surface area contributed by atoms with Crippen molar-refractivity contribution in [3.63, 3.8) is 0 Å². The number of pyridine rings is 1. The smallest absolute Gasteiger partial charge is 0.235 e. The molecule has 0 radical (unpaired) electrons. The summed E-state index contributed by atoms with van der Waals surface area (Å²) in [6.07, 6.45) is 6.01. The van der Waals surface area contributed by atoms with Gasteiger partial charge in [0.25, 0.3) is 0 Å². The second-order valence-corrected chi connectivity index (χ2v) is 7.63. The molecule has 1 aliphatic carbocycles. The van der Waals surface area contributed by atoms with Gasteiger partial charge in [0.15, 0.2) is 5.15 Å². The van der Waals surface area contributed by atoms with E-state index in [9.17, 15) is 8.42 Å². The first-order valence-corrected chi connectivity index (χ1v) is 8.53. The lowest BCUT2D eigenvalue weighted by atomic mass is 10.0. The van der Waals surface area contributed by atoms with Crippen LogP contribution in [0.1, 0.15) is 32.1 Å². The predicted molar refractivity (Wildman–Crippen MR) is 76.4 cm³/mol. The fourth-order valence-corrected chi connectivity index (χ4v) is 4.23. The van der Waals surface area contributed by atoms with Crippen LogP contribution in [0.4, 0.5) is 5.69 Å². The average Bonchev–Trinajstić information content (AvgIpc) is 2.35. The molecule has 0 saturated heterocycles. The maximum Gasteiger partial charge on any atom is 0.235 e. The van der Waals surface area contributed by atoms with Crippen molar-refractivity contribution in [3.05, 3.63) is 21.9 Å². The van der Waals surface area contributed by atoms with Crippen molar-refractivity contribution in [2.45, 2.75) is 37.4 Å². The molecule has 100 valence electrons. The van der Waals surface area contributed by atoms with Gasteiger partial charge in [-0.2, -0.15) is 0 Å². The Bertz CT molecular complexity index is 530. The Morgan fingerprint density at radius 3 is 2.67 bits per heavy atom. The quantitative estimate of drug-likeness (QED) is 0.845. The van der Waals surface area contributed by atoms with Crippen molar-refractivity contribution in [3.8, 4) is 0 Å². The summed E-state index contributed by atoms with van der Waals surface area (Å²) in [5.74, 6) is 0. The topological polar surface area (TPSA) is 59.1 Å². The van der Waals surface area contributed by atoms with Crippen LogP contribution in [0.25, 0.3) is 0 Å². The number of halogens is 2. The van der Waals surface area contributed by atoms with Crippen molar-refractivity contribution in [1.82, 2.24) is 4.98 Å². The number of nitrogens with zero attached hydrogens (tertiary/aromatic N) is 1. The third-order valence-electron chi connectivity index (χ3n) is 3.05. The Hall–Kier alpha value is -0.330. The van der Waals surface area contributed by atoms with E-state index < -0.39 is 10.0 Å². The Kier molecular flexibility index (Phi) is 4.50. The van der Waals surface area contributed by atoms with Crippen molar-refractivity contribution >= 4 is 43.2 Å². The van der Waals surface area contributed by atoms with Crippen LogP contribution in [0.2, 0.25) is 5.15 Å². The van der Waals surface area contributed by atoms with Crippen LogP contribution in [-0.4, -0.2) is 18.7 Å². The summed E-state index contributed by atoms with van der Waals surface area (Å²) in [4.78, 5) is 3.90. The first-order chi connectivity index (χ1) is 8.49. The zero-order chi connectivity index (χ0) is 13.2. The van der Waals surface area contributed by atoms with Gasteiger partial charge in [0.05, 0.1) is 10.9 Å². The normalized spacial score (nSPS) is 17.7. The molecule has 0 aromatic carbocycles. The number of nitrogens with one attached hydrogen (secondary N) is 1. The van der Waals surface area contributed by atoms with E-state index >= 15 is 0 Å². The molecule has 1 saturated carbocycles. The van der Waals surface area contributed by atoms with Crippen LogP contribution in [0.5, 0.6) is 0 Å². The Balaban J connectivity index is 2.18. The molecule has 1 fully saturated rings. The van der Waals surface area contributed by atoms with Gasteiger partial charge in [-0.1, -0.05) is 30.9 Å². The van der Waals surface area contributed by atoms with Crippen LogP contribution in [-0.2, 0) is 10.0 Å². The first-order valence-electron chi connectivity index (χ1n) is 5.82. The van der Waals surface area contributed by atoms with Gasteiger partial charge < -0.3 is 0 Å². The van der Waals surface area contributed by atoms with E-state index in [1.165, 1.54) is 6.20 Å². The van der Waals surface area contributed by atoms with Gasteiger partial charge in [-0.15, -0.1) is 0 Å². The van der Waals surface area contributed by atoms with Crippen LogP contribution in [0.15, 0.2) is 16.7 Å². The number of aromatic nitrogens is 1. The second-order valence-electron chi connectivity index (χ2n) is 4.40. The molecule has 0 unspecified atom stereocenters. The molecule has 1 N–H and O–H groups in total. The van der Waals surface area contributed by atoms with Gasteiger partial charge in [-0.25, -0.2) is 13.4 Å². The Labute approximate surface area is 120 Å². The fraction of sp³-hybridized carbons (Fsp3) is 0.545. The standard InChI is InChI=1S/C11H14BrClN2O2S/c12-8-6-10(11(13)14-7-8)15-18(16,17)9-4-2-1-3-5-9/h6-7,9,15H,1-5H2. The number of sulfonamides is 1. The van der Waals surface area contributed by atoms with Gasteiger partial charge in [-0.05, 0) is 34.8 Å². The summed E-state index contributed by atoms with van der Waals surface area (Å²) < 4.78 is 27.6. The molecule has 0 spiro atoms. The summed E-state index contributed by atoms with van der Waals surface area (Å²) in [5.41, 5.74) is 0.330. The molecule has 2 rings (SSSR count). The van der Waals surface area contributed by atoms with Crippen LogP contribution in [0.3, 0.4) is 0 Å². The Morgan fingerprint density at radius 1 is 1.33 bits per heavy atom. The molecule has 0 aliphatic heterocycles. The molecular formula is C11H14BrClN2O2S. The van der Waals surface area contributed by atoms with Crippen molar-refractivity contribution in [1.29, 1.82) is 0 Å². The summed E-state index contributed by atoms with van der Waals surface area (Å²) in [7, 11) is -3.37. The van der Waals surface area contributed by atoms with Gasteiger partial charge in [0.1, 0.15) is 0 Å². The van der Waals surface area contributed by atoms with Crippen molar-refractivity contribution < 1.29 is 8.42 Å². The van der Waals surface area contributed by atoms with Crippen LogP contribution < -0.4 is 4.72 Å². The van der Waals surface area contributed by atoms with E-state index in [1.807, 2.05) is 0 Å². The molecule has 18 heavy (non-hydrogen) atoms. The number of hydrogen-bond acceptors (Lipinski definition) is 3. The van der Waals surface area contributed by atoms with E-state index in [0.29, 0.717) is 23.0 Å². The van der Waals surface area contributed by atoms with E-state index in [2.05, 4.69) is 25.6 Å². The summed E-state index contributed by atoms with van der Waals surface area (Å²) in [6, 6.07) is 1.62. The van der Waals surface area contributed by atoms with E-state index in [-0.39, 0.29) is 10.4 Å². The van der Waals surface area contributed by atoms with E-state index in [4.69, 9.17) is 11.6 Å². The maximum absolute atomic E-state index is 12.2. The molecule has 1 aromatic heterocycles. The predicted octanol–water partition coefficient (Wildman–Crippen LogP) is 3.57. The van der Waals surface area contributed by atoms with Crippen molar-refractivity contribution in [2.24, 2.45) is 0 Å². The number of hydrogen-bond donors (Lipinski definition) is 1. The average molecular weight is 354 g/mol. The highest BCUT2D eigenvalue weighted by Gasteiger charge is 2.27. The van der Waals surface area contributed by atoms with Gasteiger partial charge >= 0.3 is 0 Å². The van der Waals surface area contributed by atoms with E-state index in [0.717, 1.165) is 19.3 Å². The lowest BCUT2D eigenvalue weighted by Crippen LogP contribution is -2.29. The third-order valence-corrected chi connectivity index (χ3v) is 5.64. The summed E-state index contributed by atoms with van der Waals surface area (Å²) in [5, 5.41) is -0.154. The second kappa shape index (κ2) is 5.75. The van der Waals surface area contributed by atoms with Crippen molar-refractivity contribution in [2.75, 3.05) is 4.72 Å². The lowest BCUT2D eigenvalue weighted by molar-refractivity contribution is 0.486. The first kappa shape index (κ1) is 14.1. The summed E-state index contributed by atoms with van der Waals surface area (Å²) >= 11 is 9.13. The number of anilines is 1. The molecule has 0 atom stereocenters. The highest BCUT2D eigenvalue weighted by atomic mass is 79.9. The van der Waals surface area contributed by atoms with Gasteiger partial charge in [0.2, 0.25) is 10.0 Å². The Morgan fingerprint density at radius 2 is 2.00 bits per heavy atom. The zero-order valence-electron chi connectivity index (χ0n) is 9.70. The SMILES string of the molecule is O=S(=O)(Nc1cc(Br)cnc1Cl)C1CCCCC1. The minimum atomic E-state index is -3.37. The highest BCUT2D eigenvalue weighted by Crippen LogP contribution is 2.28. The molecular weight excluding hydrogens is 340 g/mol. The van der Waals surface area contributed by atoms with Crippen LogP contribution in [0, 0.1) is 0 Å². The molecule has 0 bridgehead atoms. The van der Waals surface area contributed by atoms with Gasteiger partial charge in [0, 0.05) is 10.7 Å². The third kappa shape index (κ3) is 3.36. The zero-order valence-corrected chi connectivity index (χ0v) is 12.9. The summed E-state index contributed by atoms with van der Waals surface area (Å²) in [6.45, 7) is 0. The minimum absolute atomic E-state index is 0.164. The lowest BCUT2D eigenvalue weighted by Gasteiger charge is -2.22. The largest absolute Gasteiger partial charge is 0.280 e.